The van der Waals surface area contributed by atoms with Crippen LogP contribution in [0.4, 0.5) is 0 Å². The van der Waals surface area contributed by atoms with Crippen molar-refractivity contribution in [3.8, 4) is 0 Å². The molecule has 8 rings (SSSR count). The summed E-state index contributed by atoms with van der Waals surface area (Å²) in [4.78, 5) is 20.0. The molecule has 4 aliphatic carbocycles. The molecule has 3 heterocycles. The lowest BCUT2D eigenvalue weighted by atomic mass is 9.71. The van der Waals surface area contributed by atoms with Crippen molar-refractivity contribution in [2.24, 2.45) is 23.7 Å². The minimum absolute atomic E-state index is 0.647. The zero-order valence-corrected chi connectivity index (χ0v) is 15.5. The van der Waals surface area contributed by atoms with Gasteiger partial charge in [-0.1, -0.05) is 0 Å². The summed E-state index contributed by atoms with van der Waals surface area (Å²) in [5.41, 5.74) is 6.57. The second-order valence-electron chi connectivity index (χ2n) is 9.43. The Morgan fingerprint density at radius 2 is 1.18 bits per heavy atom. The zero-order valence-electron chi connectivity index (χ0n) is 15.5. The largest absolute Gasteiger partial charge is 0.254 e. The average Bonchev–Trinajstić information content (AvgIpc) is 3.52. The molecule has 0 saturated heterocycles. The first kappa shape index (κ1) is 14.4. The van der Waals surface area contributed by atoms with Gasteiger partial charge in [-0.25, -0.2) is 9.97 Å². The van der Waals surface area contributed by atoms with Crippen LogP contribution in [0.15, 0.2) is 36.7 Å². The monoisotopic (exact) mass is 364 g/mol. The van der Waals surface area contributed by atoms with Gasteiger partial charge in [-0.2, -0.15) is 0 Å². The summed E-state index contributed by atoms with van der Waals surface area (Å²) in [6, 6.07) is 8.27. The fourth-order valence-corrected chi connectivity index (χ4v) is 7.70. The standard InChI is InChI=1S/C24H20N4/c1-3-13-19(25-7-1)20-14(4-2-8-26-20)22-21(13)27-23-15-10-16(24(23)28-22)18-12-6-5-11(9-12)17(15)18/h1-4,7-8,11-12,15-18H,5-6,9-10H2/t11-,12+,15-,16+,17?,18?. The Bertz CT molecular complexity index is 1230. The van der Waals surface area contributed by atoms with E-state index in [1.54, 1.807) is 0 Å². The van der Waals surface area contributed by atoms with E-state index >= 15 is 0 Å². The van der Waals surface area contributed by atoms with Crippen LogP contribution in [0.3, 0.4) is 0 Å². The summed E-state index contributed by atoms with van der Waals surface area (Å²) >= 11 is 0. The van der Waals surface area contributed by atoms with Gasteiger partial charge in [0.1, 0.15) is 0 Å². The summed E-state index contributed by atoms with van der Waals surface area (Å²) < 4.78 is 0. The van der Waals surface area contributed by atoms with E-state index < -0.39 is 0 Å². The molecule has 3 saturated carbocycles. The quantitative estimate of drug-likeness (QED) is 0.326. The van der Waals surface area contributed by atoms with E-state index in [0.29, 0.717) is 11.8 Å². The summed E-state index contributed by atoms with van der Waals surface area (Å²) in [5.74, 6) is 4.97. The molecule has 4 nitrogen and oxygen atoms in total. The van der Waals surface area contributed by atoms with Crippen LogP contribution in [0.5, 0.6) is 0 Å². The van der Waals surface area contributed by atoms with Crippen LogP contribution >= 0.6 is 0 Å². The molecule has 4 aromatic rings. The van der Waals surface area contributed by atoms with Crippen molar-refractivity contribution in [2.45, 2.75) is 37.5 Å². The molecule has 3 aromatic heterocycles. The highest BCUT2D eigenvalue weighted by atomic mass is 14.9. The van der Waals surface area contributed by atoms with E-state index in [4.69, 9.17) is 9.97 Å². The molecule has 136 valence electrons. The van der Waals surface area contributed by atoms with Gasteiger partial charge in [0.15, 0.2) is 0 Å². The molecule has 1 aromatic carbocycles. The third-order valence-corrected chi connectivity index (χ3v) is 8.49. The lowest BCUT2D eigenvalue weighted by Crippen LogP contribution is -2.28. The van der Waals surface area contributed by atoms with Crippen molar-refractivity contribution in [3.05, 3.63) is 48.0 Å². The van der Waals surface area contributed by atoms with Crippen LogP contribution in [-0.2, 0) is 0 Å². The molecule has 0 N–H and O–H groups in total. The first-order chi connectivity index (χ1) is 13.9. The summed E-state index contributed by atoms with van der Waals surface area (Å²) in [6.45, 7) is 0. The summed E-state index contributed by atoms with van der Waals surface area (Å²) in [6.07, 6.45) is 9.37. The van der Waals surface area contributed by atoms with Crippen molar-refractivity contribution in [1.29, 1.82) is 0 Å². The maximum atomic E-state index is 5.33. The Labute approximate surface area is 162 Å². The number of hydrogen-bond donors (Lipinski definition) is 0. The normalized spacial score (nSPS) is 34.6. The number of benzene rings is 1. The number of nitrogens with zero attached hydrogens (tertiary/aromatic N) is 4. The predicted molar refractivity (Wildman–Crippen MR) is 108 cm³/mol. The molecule has 6 atom stereocenters. The van der Waals surface area contributed by atoms with Crippen molar-refractivity contribution >= 4 is 32.8 Å². The van der Waals surface area contributed by atoms with Gasteiger partial charge in [0.2, 0.25) is 0 Å². The number of aromatic nitrogens is 4. The van der Waals surface area contributed by atoms with Gasteiger partial charge in [-0.15, -0.1) is 0 Å². The Balaban J connectivity index is 1.49. The van der Waals surface area contributed by atoms with E-state index in [9.17, 15) is 0 Å². The van der Waals surface area contributed by atoms with Crippen LogP contribution in [0.1, 0.15) is 48.9 Å². The number of fused-ring (bicyclic) bond motifs is 18. The average molecular weight is 364 g/mol. The second-order valence-corrected chi connectivity index (χ2v) is 9.43. The molecule has 4 bridgehead atoms. The topological polar surface area (TPSA) is 51.6 Å². The highest BCUT2D eigenvalue weighted by Gasteiger charge is 2.62. The lowest BCUT2D eigenvalue weighted by molar-refractivity contribution is 0.214. The number of rotatable bonds is 0. The Kier molecular flexibility index (Phi) is 2.40. The minimum atomic E-state index is 0.647. The van der Waals surface area contributed by atoms with Crippen LogP contribution in [-0.4, -0.2) is 19.9 Å². The highest BCUT2D eigenvalue weighted by molar-refractivity contribution is 6.20. The third kappa shape index (κ3) is 1.50. The molecule has 4 heteroatoms. The summed E-state index contributed by atoms with van der Waals surface area (Å²) in [5, 5.41) is 2.18. The fraction of sp³-hybridized carbons (Fsp3) is 0.417. The first-order valence-electron chi connectivity index (χ1n) is 10.7. The SMILES string of the molecule is c1cnc2c(c1)c1nc3c(nc1c1cccnc12)[C@@H]1C[C@H]3C2C1[C@@H]1CC[C@H]2C1. The molecule has 0 amide bonds. The van der Waals surface area contributed by atoms with Gasteiger partial charge in [0.25, 0.3) is 0 Å². The van der Waals surface area contributed by atoms with Crippen molar-refractivity contribution in [1.82, 2.24) is 19.9 Å². The zero-order chi connectivity index (χ0) is 18.0. The Hall–Kier alpha value is -2.62. The van der Waals surface area contributed by atoms with Crippen LogP contribution < -0.4 is 0 Å². The van der Waals surface area contributed by atoms with Crippen molar-refractivity contribution in [2.75, 3.05) is 0 Å². The summed E-state index contributed by atoms with van der Waals surface area (Å²) in [7, 11) is 0. The second kappa shape index (κ2) is 4.68. The van der Waals surface area contributed by atoms with Crippen LogP contribution in [0.2, 0.25) is 0 Å². The fourth-order valence-electron chi connectivity index (χ4n) is 7.70. The molecule has 4 aliphatic rings. The maximum absolute atomic E-state index is 5.33. The third-order valence-electron chi connectivity index (χ3n) is 8.49. The number of hydrogen-bond acceptors (Lipinski definition) is 4. The molecule has 0 radical (unpaired) electrons. The molecule has 2 unspecified atom stereocenters. The van der Waals surface area contributed by atoms with Gasteiger partial charge in [-0.05, 0) is 73.6 Å². The maximum Gasteiger partial charge on any atom is 0.0992 e. The van der Waals surface area contributed by atoms with E-state index in [1.807, 2.05) is 24.5 Å². The van der Waals surface area contributed by atoms with Gasteiger partial charge in [0, 0.05) is 35.0 Å². The van der Waals surface area contributed by atoms with Crippen LogP contribution in [0, 0.1) is 23.7 Å². The van der Waals surface area contributed by atoms with Gasteiger partial charge in [0.05, 0.1) is 33.5 Å². The van der Waals surface area contributed by atoms with E-state index in [-0.39, 0.29) is 0 Å². The smallest absolute Gasteiger partial charge is 0.0992 e. The van der Waals surface area contributed by atoms with Crippen molar-refractivity contribution < 1.29 is 0 Å². The predicted octanol–water partition coefficient (Wildman–Crippen LogP) is 4.97. The Morgan fingerprint density at radius 3 is 1.71 bits per heavy atom. The molecule has 0 spiro atoms. The van der Waals surface area contributed by atoms with E-state index in [0.717, 1.165) is 56.5 Å². The molecule has 28 heavy (non-hydrogen) atoms. The van der Waals surface area contributed by atoms with Gasteiger partial charge >= 0.3 is 0 Å². The highest BCUT2D eigenvalue weighted by Crippen LogP contribution is 2.70. The number of pyridine rings is 2. The molecular formula is C24H20N4. The van der Waals surface area contributed by atoms with E-state index in [2.05, 4.69) is 22.1 Å². The lowest BCUT2D eigenvalue weighted by Gasteiger charge is -2.35. The van der Waals surface area contributed by atoms with Gasteiger partial charge in [-0.3, -0.25) is 9.97 Å². The van der Waals surface area contributed by atoms with E-state index in [1.165, 1.54) is 37.1 Å². The first-order valence-corrected chi connectivity index (χ1v) is 10.7. The molecule has 0 aliphatic heterocycles. The Morgan fingerprint density at radius 1 is 0.643 bits per heavy atom. The van der Waals surface area contributed by atoms with Crippen LogP contribution in [0.25, 0.3) is 32.8 Å². The molecular weight excluding hydrogens is 344 g/mol. The van der Waals surface area contributed by atoms with Gasteiger partial charge < -0.3 is 0 Å². The minimum Gasteiger partial charge on any atom is -0.254 e. The molecule has 3 fully saturated rings. The van der Waals surface area contributed by atoms with Crippen molar-refractivity contribution in [3.63, 3.8) is 0 Å².